The summed E-state index contributed by atoms with van der Waals surface area (Å²) in [6, 6.07) is 21.8. The number of nitrogens with zero attached hydrogens (tertiary/aromatic N) is 7. The Morgan fingerprint density at radius 1 is 0.898 bits per heavy atom. The molecule has 1 N–H and O–H groups in total. The third kappa shape index (κ3) is 8.67. The molecular formula is C45H53ClN8O5. The molecule has 3 aromatic carbocycles. The molecule has 2 aliphatic heterocycles. The van der Waals surface area contributed by atoms with E-state index in [-0.39, 0.29) is 24.0 Å². The molecule has 13 nitrogen and oxygen atoms in total. The Hall–Kier alpha value is -5.40. The quantitative estimate of drug-likeness (QED) is 0.126. The number of aromatic nitrogens is 4. The van der Waals surface area contributed by atoms with E-state index in [9.17, 15) is 9.59 Å². The van der Waals surface area contributed by atoms with Gasteiger partial charge in [0.05, 0.1) is 32.3 Å². The Morgan fingerprint density at radius 2 is 1.64 bits per heavy atom. The zero-order chi connectivity index (χ0) is 40.8. The number of ether oxygens (including phenoxy) is 3. The summed E-state index contributed by atoms with van der Waals surface area (Å²) in [7, 11) is 3.37. The fraction of sp³-hybridized carbons (Fsp3) is 0.444. The number of benzene rings is 3. The number of hydrogen-bond acceptors (Lipinski definition) is 10. The van der Waals surface area contributed by atoms with Gasteiger partial charge in [0.2, 0.25) is 5.91 Å². The molecule has 8 rings (SSSR count). The molecule has 1 spiro atoms. The van der Waals surface area contributed by atoms with Crippen LogP contribution in [0, 0.1) is 5.92 Å². The van der Waals surface area contributed by atoms with Crippen molar-refractivity contribution < 1.29 is 23.8 Å². The van der Waals surface area contributed by atoms with Gasteiger partial charge in [0.25, 0.3) is 0 Å². The molecule has 2 fully saturated rings. The van der Waals surface area contributed by atoms with E-state index in [0.29, 0.717) is 44.3 Å². The van der Waals surface area contributed by atoms with E-state index in [1.54, 1.807) is 20.5 Å². The summed E-state index contributed by atoms with van der Waals surface area (Å²) < 4.78 is 18.8. The molecular weight excluding hydrogens is 768 g/mol. The Labute approximate surface area is 350 Å². The van der Waals surface area contributed by atoms with Crippen LogP contribution in [-0.4, -0.2) is 102 Å². The maximum absolute atomic E-state index is 14.2. The van der Waals surface area contributed by atoms with Crippen molar-refractivity contribution in [3.05, 3.63) is 107 Å². The van der Waals surface area contributed by atoms with Gasteiger partial charge in [-0.15, -0.1) is 0 Å². The third-order valence-electron chi connectivity index (χ3n) is 12.4. The molecule has 310 valence electrons. The lowest BCUT2D eigenvalue weighted by molar-refractivity contribution is -0.138. The Morgan fingerprint density at radius 3 is 2.41 bits per heavy atom. The van der Waals surface area contributed by atoms with Crippen LogP contribution in [0.5, 0.6) is 11.5 Å². The molecule has 2 aromatic heterocycles. The number of unbranched alkanes of at least 4 members (excludes halogenated alkanes) is 1. The number of methoxy groups -OCH3 is 2. The van der Waals surface area contributed by atoms with Crippen molar-refractivity contribution in [2.24, 2.45) is 5.92 Å². The highest BCUT2D eigenvalue weighted by Gasteiger charge is 2.47. The minimum absolute atomic E-state index is 0.0283. The number of carbonyl (C=O) groups excluding carboxylic acids is 2. The molecule has 2 amide bonds. The van der Waals surface area contributed by atoms with Gasteiger partial charge in [0.1, 0.15) is 18.8 Å². The summed E-state index contributed by atoms with van der Waals surface area (Å²) in [5, 5.41) is 9.14. The third-order valence-corrected chi connectivity index (χ3v) is 12.8. The minimum atomic E-state index is -0.397. The molecule has 14 heteroatoms. The molecule has 59 heavy (non-hydrogen) atoms. The fourth-order valence-electron chi connectivity index (χ4n) is 9.28. The first-order valence-electron chi connectivity index (χ1n) is 20.8. The summed E-state index contributed by atoms with van der Waals surface area (Å²) in [6.07, 6.45) is 9.10. The SMILES string of the molecule is COc1cc2c(cc1OC)[C@]1(CC[C@H](C(=O)N3CCN(c4ncnc5c4cnn5Cc4ccccc4Cl)CC3)CC1)N(CCCCNC(=O)OCc1ccccc1)CC2. The summed E-state index contributed by atoms with van der Waals surface area (Å²) >= 11 is 6.44. The second-order valence-corrected chi connectivity index (χ2v) is 16.2. The summed E-state index contributed by atoms with van der Waals surface area (Å²) in [4.78, 5) is 42.7. The van der Waals surface area contributed by atoms with E-state index in [2.05, 4.69) is 47.2 Å². The summed E-state index contributed by atoms with van der Waals surface area (Å²) in [5.41, 5.74) is 5.06. The molecule has 1 saturated carbocycles. The van der Waals surface area contributed by atoms with Gasteiger partial charge in [0, 0.05) is 55.7 Å². The van der Waals surface area contributed by atoms with Gasteiger partial charge in [-0.25, -0.2) is 19.4 Å². The van der Waals surface area contributed by atoms with Crippen LogP contribution in [0.1, 0.15) is 60.8 Å². The van der Waals surface area contributed by atoms with Gasteiger partial charge in [-0.3, -0.25) is 9.69 Å². The highest BCUT2D eigenvalue weighted by molar-refractivity contribution is 6.31. The Balaban J connectivity index is 0.887. The average Bonchev–Trinajstić information content (AvgIpc) is 3.69. The lowest BCUT2D eigenvalue weighted by Gasteiger charge is -2.52. The molecule has 3 aliphatic rings. The van der Waals surface area contributed by atoms with Crippen molar-refractivity contribution in [2.45, 2.75) is 63.6 Å². The van der Waals surface area contributed by atoms with Gasteiger partial charge in [-0.1, -0.05) is 60.1 Å². The number of alkyl carbamates (subject to hydrolysis) is 1. The molecule has 1 saturated heterocycles. The van der Waals surface area contributed by atoms with Crippen molar-refractivity contribution in [3.8, 4) is 11.5 Å². The van der Waals surface area contributed by atoms with Crippen LogP contribution >= 0.6 is 11.6 Å². The predicted molar refractivity (Wildman–Crippen MR) is 227 cm³/mol. The van der Waals surface area contributed by atoms with Gasteiger partial charge < -0.3 is 29.3 Å². The van der Waals surface area contributed by atoms with Crippen LogP contribution in [0.25, 0.3) is 11.0 Å². The monoisotopic (exact) mass is 820 g/mol. The zero-order valence-electron chi connectivity index (χ0n) is 33.9. The van der Waals surface area contributed by atoms with E-state index in [0.717, 1.165) is 97.5 Å². The van der Waals surface area contributed by atoms with Gasteiger partial charge in [0.15, 0.2) is 17.1 Å². The first-order valence-corrected chi connectivity index (χ1v) is 21.1. The average molecular weight is 821 g/mol. The molecule has 1 aliphatic carbocycles. The van der Waals surface area contributed by atoms with Crippen LogP contribution in [0.4, 0.5) is 10.6 Å². The summed E-state index contributed by atoms with van der Waals surface area (Å²) in [6.45, 7) is 5.78. The minimum Gasteiger partial charge on any atom is -0.493 e. The first kappa shape index (κ1) is 40.4. The maximum atomic E-state index is 14.2. The van der Waals surface area contributed by atoms with Crippen LogP contribution in [-0.2, 0) is 34.6 Å². The second-order valence-electron chi connectivity index (χ2n) is 15.7. The van der Waals surface area contributed by atoms with Crippen LogP contribution < -0.4 is 19.7 Å². The number of piperazine rings is 1. The van der Waals surface area contributed by atoms with Gasteiger partial charge in [-0.2, -0.15) is 5.10 Å². The molecule has 0 bridgehead atoms. The second kappa shape index (κ2) is 18.3. The molecule has 0 unspecified atom stereocenters. The van der Waals surface area contributed by atoms with E-state index < -0.39 is 6.09 Å². The number of anilines is 1. The molecule has 0 atom stereocenters. The van der Waals surface area contributed by atoms with Crippen molar-refractivity contribution in [2.75, 3.05) is 64.9 Å². The highest BCUT2D eigenvalue weighted by Crippen LogP contribution is 2.50. The van der Waals surface area contributed by atoms with Crippen LogP contribution in [0.2, 0.25) is 5.02 Å². The van der Waals surface area contributed by atoms with Crippen molar-refractivity contribution in [3.63, 3.8) is 0 Å². The van der Waals surface area contributed by atoms with Gasteiger partial charge >= 0.3 is 6.09 Å². The van der Waals surface area contributed by atoms with E-state index in [1.165, 1.54) is 11.1 Å². The van der Waals surface area contributed by atoms with Crippen molar-refractivity contribution >= 4 is 40.5 Å². The topological polar surface area (TPSA) is 127 Å². The number of carbonyl (C=O) groups is 2. The smallest absolute Gasteiger partial charge is 0.407 e. The predicted octanol–water partition coefficient (Wildman–Crippen LogP) is 6.84. The van der Waals surface area contributed by atoms with E-state index >= 15 is 0 Å². The number of hydrogen-bond donors (Lipinski definition) is 1. The number of amides is 2. The van der Waals surface area contributed by atoms with Crippen molar-refractivity contribution in [1.29, 1.82) is 0 Å². The van der Waals surface area contributed by atoms with Gasteiger partial charge in [-0.05, 0) is 91.9 Å². The number of rotatable bonds is 13. The maximum Gasteiger partial charge on any atom is 0.407 e. The largest absolute Gasteiger partial charge is 0.493 e. The number of nitrogens with one attached hydrogen (secondary N) is 1. The van der Waals surface area contributed by atoms with Crippen LogP contribution in [0.3, 0.4) is 0 Å². The van der Waals surface area contributed by atoms with Crippen LogP contribution in [0.15, 0.2) is 79.3 Å². The number of halogens is 1. The first-order chi connectivity index (χ1) is 28.9. The van der Waals surface area contributed by atoms with Crippen molar-refractivity contribution in [1.82, 2.24) is 34.9 Å². The highest BCUT2D eigenvalue weighted by atomic mass is 35.5. The molecule has 4 heterocycles. The molecule has 0 radical (unpaired) electrons. The normalized spacial score (nSPS) is 19.4. The summed E-state index contributed by atoms with van der Waals surface area (Å²) in [5.74, 6) is 2.54. The number of fused-ring (bicyclic) bond motifs is 3. The standard InChI is InChI=1S/C45H53ClN8O5/c1-57-39-26-34-16-21-53(20-9-8-19-47-44(56)59-30-32-10-4-3-5-11-32)45(37(34)27-40(39)58-2)17-14-33(15-18-45)43(55)52-24-22-51(23-25-52)41-36-28-50-54(42(36)49-31-48-41)29-35-12-6-7-13-38(35)46/h3-7,10-13,26-28,31,33H,8-9,14-25,29-30H2,1-2H3,(H,47,56)/t33-,45+. The lowest BCUT2D eigenvalue weighted by Crippen LogP contribution is -2.55. The van der Waals surface area contributed by atoms with E-state index in [1.807, 2.05) is 65.5 Å². The van der Waals surface area contributed by atoms with E-state index in [4.69, 9.17) is 25.8 Å². The fourth-order valence-corrected chi connectivity index (χ4v) is 9.48. The molecule has 5 aromatic rings. The zero-order valence-corrected chi connectivity index (χ0v) is 34.7. The lowest BCUT2D eigenvalue weighted by atomic mass is 9.68. The Kier molecular flexibility index (Phi) is 12.5. The Bertz CT molecular complexity index is 2240.